The van der Waals surface area contributed by atoms with Crippen LogP contribution in [0.3, 0.4) is 0 Å². The first-order valence-corrected chi connectivity index (χ1v) is 9.48. The van der Waals surface area contributed by atoms with Gasteiger partial charge in [0.2, 0.25) is 0 Å². The molecule has 0 aromatic heterocycles. The summed E-state index contributed by atoms with van der Waals surface area (Å²) in [7, 11) is 1.72. The number of nitrogens with one attached hydrogen (secondary N) is 2. The van der Waals surface area contributed by atoms with E-state index in [1.54, 1.807) is 19.2 Å². The van der Waals surface area contributed by atoms with Crippen LogP contribution < -0.4 is 20.3 Å². The van der Waals surface area contributed by atoms with Crippen LogP contribution in [0.15, 0.2) is 59.6 Å². The molecule has 1 heterocycles. The summed E-state index contributed by atoms with van der Waals surface area (Å²) in [5.41, 5.74) is 2.14. The fraction of sp³-hybridized carbons (Fsp3) is 0.381. The fourth-order valence-electron chi connectivity index (χ4n) is 3.19. The summed E-state index contributed by atoms with van der Waals surface area (Å²) in [4.78, 5) is 6.60. The second-order valence-corrected chi connectivity index (χ2v) is 6.89. The van der Waals surface area contributed by atoms with Gasteiger partial charge in [0.1, 0.15) is 5.75 Å². The summed E-state index contributed by atoms with van der Waals surface area (Å²) >= 11 is 0. The van der Waals surface area contributed by atoms with Gasteiger partial charge in [0, 0.05) is 38.4 Å². The molecule has 1 aliphatic rings. The topological polar surface area (TPSA) is 48.9 Å². The number of para-hydroxylation sites is 1. The maximum Gasteiger partial charge on any atom is 0.422 e. The van der Waals surface area contributed by atoms with Gasteiger partial charge < -0.3 is 20.3 Å². The average molecular weight is 534 g/mol. The quantitative estimate of drug-likeness (QED) is 0.332. The van der Waals surface area contributed by atoms with Crippen molar-refractivity contribution in [2.45, 2.75) is 25.2 Å². The van der Waals surface area contributed by atoms with Gasteiger partial charge in [0.25, 0.3) is 0 Å². The van der Waals surface area contributed by atoms with Gasteiger partial charge in [-0.25, -0.2) is 0 Å². The van der Waals surface area contributed by atoms with Crippen LogP contribution in [0.4, 0.5) is 18.9 Å². The van der Waals surface area contributed by atoms with Crippen LogP contribution >= 0.6 is 24.0 Å². The van der Waals surface area contributed by atoms with Gasteiger partial charge in [0.05, 0.1) is 0 Å². The van der Waals surface area contributed by atoms with Crippen LogP contribution in [0.2, 0.25) is 0 Å². The molecule has 0 radical (unpaired) electrons. The first-order chi connectivity index (χ1) is 13.9. The molecule has 0 amide bonds. The average Bonchev–Trinajstić information content (AvgIpc) is 3.19. The Balaban J connectivity index is 0.00000320. The largest absolute Gasteiger partial charge is 0.484 e. The predicted octanol–water partition coefficient (Wildman–Crippen LogP) is 4.19. The zero-order valence-electron chi connectivity index (χ0n) is 16.7. The monoisotopic (exact) mass is 534 g/mol. The van der Waals surface area contributed by atoms with Gasteiger partial charge in [-0.2, -0.15) is 13.2 Å². The van der Waals surface area contributed by atoms with E-state index in [0.717, 1.165) is 25.1 Å². The Kier molecular flexibility index (Phi) is 9.07. The van der Waals surface area contributed by atoms with Crippen molar-refractivity contribution < 1.29 is 17.9 Å². The Hall–Kier alpha value is -2.17. The number of rotatable bonds is 6. The van der Waals surface area contributed by atoms with E-state index >= 15 is 0 Å². The summed E-state index contributed by atoms with van der Waals surface area (Å²) in [5.74, 6) is 0.892. The molecule has 2 aromatic carbocycles. The van der Waals surface area contributed by atoms with E-state index in [2.05, 4.69) is 32.7 Å². The van der Waals surface area contributed by atoms with Gasteiger partial charge in [-0.05, 0) is 36.2 Å². The first kappa shape index (κ1) is 24.1. The van der Waals surface area contributed by atoms with Crippen molar-refractivity contribution in [2.24, 2.45) is 4.99 Å². The van der Waals surface area contributed by atoms with E-state index in [-0.39, 0.29) is 29.7 Å². The van der Waals surface area contributed by atoms with Crippen molar-refractivity contribution >= 4 is 35.6 Å². The van der Waals surface area contributed by atoms with Gasteiger partial charge in [-0.15, -0.1) is 24.0 Å². The molecular weight excluding hydrogens is 508 g/mol. The third-order valence-electron chi connectivity index (χ3n) is 4.66. The zero-order chi connectivity index (χ0) is 20.7. The van der Waals surface area contributed by atoms with Crippen molar-refractivity contribution in [1.29, 1.82) is 0 Å². The van der Waals surface area contributed by atoms with Gasteiger partial charge in [-0.1, -0.05) is 30.3 Å². The number of nitrogens with zero attached hydrogens (tertiary/aromatic N) is 2. The van der Waals surface area contributed by atoms with Crippen molar-refractivity contribution in [3.63, 3.8) is 0 Å². The second-order valence-electron chi connectivity index (χ2n) is 6.89. The van der Waals surface area contributed by atoms with Crippen molar-refractivity contribution in [3.05, 3.63) is 60.2 Å². The number of hydrogen-bond acceptors (Lipinski definition) is 3. The Labute approximate surface area is 191 Å². The molecule has 30 heavy (non-hydrogen) atoms. The molecule has 0 bridgehead atoms. The lowest BCUT2D eigenvalue weighted by molar-refractivity contribution is -0.153. The summed E-state index contributed by atoms with van der Waals surface area (Å²) in [5, 5.41) is 6.67. The van der Waals surface area contributed by atoms with Gasteiger partial charge >= 0.3 is 6.18 Å². The number of alkyl halides is 3. The highest BCUT2D eigenvalue weighted by atomic mass is 127. The lowest BCUT2D eigenvalue weighted by Crippen LogP contribution is -2.44. The summed E-state index contributed by atoms with van der Waals surface area (Å²) < 4.78 is 41.3. The van der Waals surface area contributed by atoms with Gasteiger partial charge in [0.15, 0.2) is 12.6 Å². The van der Waals surface area contributed by atoms with Crippen LogP contribution in [0.1, 0.15) is 12.0 Å². The van der Waals surface area contributed by atoms with Crippen LogP contribution in [-0.4, -0.2) is 44.9 Å². The van der Waals surface area contributed by atoms with Crippen molar-refractivity contribution in [1.82, 2.24) is 10.6 Å². The minimum absolute atomic E-state index is 0. The lowest BCUT2D eigenvalue weighted by atomic mass is 10.2. The molecule has 1 unspecified atom stereocenters. The number of aliphatic imine (C=N–C) groups is 1. The highest BCUT2D eigenvalue weighted by Gasteiger charge is 2.28. The van der Waals surface area contributed by atoms with E-state index in [0.29, 0.717) is 18.5 Å². The molecule has 1 atom stereocenters. The van der Waals surface area contributed by atoms with E-state index in [1.165, 1.54) is 17.8 Å². The minimum atomic E-state index is -4.34. The predicted molar refractivity (Wildman–Crippen MR) is 124 cm³/mol. The number of anilines is 1. The molecule has 164 valence electrons. The smallest absolute Gasteiger partial charge is 0.422 e. The second kappa shape index (κ2) is 11.3. The SMILES string of the molecule is CN=C(NCc1ccc(OCC(F)(F)F)cc1)NC1CCN(c2ccccc2)C1.I. The molecule has 2 N–H and O–H groups in total. The Morgan fingerprint density at radius 3 is 2.47 bits per heavy atom. The highest BCUT2D eigenvalue weighted by molar-refractivity contribution is 14.0. The van der Waals surface area contributed by atoms with Crippen LogP contribution in [0, 0.1) is 0 Å². The van der Waals surface area contributed by atoms with E-state index in [4.69, 9.17) is 4.74 Å². The molecule has 3 rings (SSSR count). The maximum atomic E-state index is 12.2. The fourth-order valence-corrected chi connectivity index (χ4v) is 3.19. The molecule has 0 spiro atoms. The van der Waals surface area contributed by atoms with Gasteiger partial charge in [-0.3, -0.25) is 4.99 Å². The number of benzene rings is 2. The van der Waals surface area contributed by atoms with Crippen molar-refractivity contribution in [3.8, 4) is 5.75 Å². The molecule has 5 nitrogen and oxygen atoms in total. The highest BCUT2D eigenvalue weighted by Crippen LogP contribution is 2.20. The van der Waals surface area contributed by atoms with Crippen LogP contribution in [0.5, 0.6) is 5.75 Å². The zero-order valence-corrected chi connectivity index (χ0v) is 19.0. The molecule has 1 fully saturated rings. The third-order valence-corrected chi connectivity index (χ3v) is 4.66. The number of halogens is 4. The third kappa shape index (κ3) is 7.58. The molecule has 9 heteroatoms. The number of ether oxygens (including phenoxy) is 1. The Bertz CT molecular complexity index is 800. The van der Waals surface area contributed by atoms with E-state index in [9.17, 15) is 13.2 Å². The minimum Gasteiger partial charge on any atom is -0.484 e. The lowest BCUT2D eigenvalue weighted by Gasteiger charge is -2.20. The molecule has 0 aliphatic carbocycles. The molecule has 2 aromatic rings. The summed E-state index contributed by atoms with van der Waals surface area (Å²) in [6.07, 6.45) is -3.32. The summed E-state index contributed by atoms with van der Waals surface area (Å²) in [6.45, 7) is 1.10. The summed E-state index contributed by atoms with van der Waals surface area (Å²) in [6, 6.07) is 17.1. The standard InChI is InChI=1S/C21H25F3N4O.HI/c1-25-20(27-17-11-12-28(14-17)18-5-3-2-4-6-18)26-13-16-7-9-19(10-8-16)29-15-21(22,23)24;/h2-10,17H,11-15H2,1H3,(H2,25,26,27);1H. The Morgan fingerprint density at radius 2 is 1.83 bits per heavy atom. The Morgan fingerprint density at radius 1 is 1.13 bits per heavy atom. The first-order valence-electron chi connectivity index (χ1n) is 9.48. The molecular formula is C21H26F3IN4O. The van der Waals surface area contributed by atoms with E-state index < -0.39 is 12.8 Å². The van der Waals surface area contributed by atoms with Crippen molar-refractivity contribution in [2.75, 3.05) is 31.6 Å². The van der Waals surface area contributed by atoms with Crippen LogP contribution in [-0.2, 0) is 6.54 Å². The molecule has 0 saturated carbocycles. The normalized spacial score (nSPS) is 16.7. The molecule has 1 saturated heterocycles. The maximum absolute atomic E-state index is 12.2. The number of hydrogen-bond donors (Lipinski definition) is 2. The molecule has 1 aliphatic heterocycles. The van der Waals surface area contributed by atoms with Crippen LogP contribution in [0.25, 0.3) is 0 Å². The van der Waals surface area contributed by atoms with E-state index in [1.807, 2.05) is 18.2 Å². The number of guanidine groups is 1.